The van der Waals surface area contributed by atoms with Crippen molar-refractivity contribution in [2.24, 2.45) is 0 Å². The van der Waals surface area contributed by atoms with E-state index in [2.05, 4.69) is 79.4 Å². The molecule has 3 nitrogen and oxygen atoms in total. The van der Waals surface area contributed by atoms with Gasteiger partial charge in [-0.1, -0.05) is 90.8 Å². The first kappa shape index (κ1) is 29.3. The molecule has 1 N–H and O–H groups in total. The summed E-state index contributed by atoms with van der Waals surface area (Å²) in [6, 6.07) is 29.2. The van der Waals surface area contributed by atoms with E-state index in [0.717, 1.165) is 32.3 Å². The summed E-state index contributed by atoms with van der Waals surface area (Å²) in [4.78, 5) is 10.2. The number of hydrogen-bond donors (Lipinski definition) is 1. The number of aryl methyl sites for hydroxylation is 2. The van der Waals surface area contributed by atoms with Crippen LogP contribution in [0, 0.1) is 25.2 Å². The summed E-state index contributed by atoms with van der Waals surface area (Å²) in [5, 5.41) is 14.3. The molecule has 37 heavy (non-hydrogen) atoms. The van der Waals surface area contributed by atoms with Gasteiger partial charge in [-0.05, 0) is 64.8 Å². The van der Waals surface area contributed by atoms with Crippen LogP contribution in [0.2, 0.25) is 0 Å². The maximum absolute atomic E-state index is 10.2. The highest BCUT2D eigenvalue weighted by molar-refractivity contribution is 5.83. The van der Waals surface area contributed by atoms with E-state index < -0.39 is 6.10 Å². The zero-order valence-electron chi connectivity index (χ0n) is 21.4. The largest absolute Gasteiger partial charge is 0.381 e. The van der Waals surface area contributed by atoms with Gasteiger partial charge in [0, 0.05) is 19.6 Å². The highest BCUT2D eigenvalue weighted by Crippen LogP contribution is 2.17. The Morgan fingerprint density at radius 3 is 1.70 bits per heavy atom. The third-order valence-corrected chi connectivity index (χ3v) is 5.90. The van der Waals surface area contributed by atoms with Crippen LogP contribution in [0.15, 0.2) is 84.9 Å². The van der Waals surface area contributed by atoms with Crippen LogP contribution in [-0.2, 0) is 22.4 Å². The van der Waals surface area contributed by atoms with Gasteiger partial charge in [-0.25, -0.2) is 0 Å². The molecule has 1 heterocycles. The molecule has 1 saturated heterocycles. The topological polar surface area (TPSA) is 46.5 Å². The number of aliphatic hydroxyl groups is 1. The molecule has 0 bridgehead atoms. The molecule has 3 heteroatoms. The van der Waals surface area contributed by atoms with Gasteiger partial charge in [0.25, 0.3) is 0 Å². The van der Waals surface area contributed by atoms with Crippen LogP contribution in [0.1, 0.15) is 36.8 Å². The fourth-order valence-electron chi connectivity index (χ4n) is 3.91. The lowest BCUT2D eigenvalue weighted by atomic mass is 10.0. The first-order valence-corrected chi connectivity index (χ1v) is 12.6. The molecule has 190 valence electrons. The Bertz CT molecular complexity index is 1270. The molecule has 0 saturated carbocycles. The molecule has 4 aromatic carbocycles. The maximum atomic E-state index is 10.2. The summed E-state index contributed by atoms with van der Waals surface area (Å²) >= 11 is 0. The molecule has 1 unspecified atom stereocenters. The van der Waals surface area contributed by atoms with E-state index in [9.17, 15) is 9.90 Å². The summed E-state index contributed by atoms with van der Waals surface area (Å²) < 4.78 is 4.94. The summed E-state index contributed by atoms with van der Waals surface area (Å²) in [5.41, 5.74) is 2.45. The van der Waals surface area contributed by atoms with E-state index >= 15 is 0 Å². The third kappa shape index (κ3) is 10.7. The van der Waals surface area contributed by atoms with E-state index in [4.69, 9.17) is 11.2 Å². The first-order chi connectivity index (χ1) is 18.2. The predicted molar refractivity (Wildman–Crippen MR) is 155 cm³/mol. The Morgan fingerprint density at radius 2 is 1.27 bits per heavy atom. The smallest absolute Gasteiger partial charge is 0.120 e. The molecular weight excluding hydrogens is 456 g/mol. The second-order valence-corrected chi connectivity index (χ2v) is 8.61. The number of carbonyl (C=O) groups excluding carboxylic acids is 1. The van der Waals surface area contributed by atoms with Gasteiger partial charge in [0.1, 0.15) is 12.4 Å². The second kappa shape index (κ2) is 17.5. The lowest BCUT2D eigenvalue weighted by Gasteiger charge is -2.05. The Morgan fingerprint density at radius 1 is 0.784 bits per heavy atom. The van der Waals surface area contributed by atoms with Gasteiger partial charge in [-0.15, -0.1) is 19.3 Å². The molecule has 0 aliphatic carbocycles. The maximum Gasteiger partial charge on any atom is 0.120 e. The van der Waals surface area contributed by atoms with Crippen molar-refractivity contribution in [1.82, 2.24) is 0 Å². The van der Waals surface area contributed by atoms with Crippen molar-refractivity contribution in [2.75, 3.05) is 13.2 Å². The van der Waals surface area contributed by atoms with Gasteiger partial charge in [-0.2, -0.15) is 0 Å². The van der Waals surface area contributed by atoms with Crippen LogP contribution in [0.5, 0.6) is 0 Å². The van der Waals surface area contributed by atoms with E-state index in [0.29, 0.717) is 12.8 Å². The van der Waals surface area contributed by atoms with Crippen molar-refractivity contribution in [3.05, 3.63) is 96.1 Å². The average molecular weight is 493 g/mol. The molecule has 1 fully saturated rings. The second-order valence-electron chi connectivity index (χ2n) is 8.61. The zero-order chi connectivity index (χ0) is 26.7. The number of hydrogen-bond acceptors (Lipinski definition) is 3. The number of aldehydes is 1. The van der Waals surface area contributed by atoms with Gasteiger partial charge in [0.05, 0.1) is 0 Å². The van der Waals surface area contributed by atoms with Crippen molar-refractivity contribution in [1.29, 1.82) is 0 Å². The van der Waals surface area contributed by atoms with Crippen LogP contribution in [0.4, 0.5) is 0 Å². The average Bonchev–Trinajstić information content (AvgIpc) is 3.56. The molecule has 0 amide bonds. The van der Waals surface area contributed by atoms with Crippen molar-refractivity contribution in [3.8, 4) is 25.2 Å². The summed E-state index contributed by atoms with van der Waals surface area (Å²) in [5.74, 6) is 2.33. The number of terminal acetylenes is 2. The van der Waals surface area contributed by atoms with E-state index in [1.54, 1.807) is 0 Å². The Balaban J connectivity index is 0.000000209. The van der Waals surface area contributed by atoms with Crippen LogP contribution < -0.4 is 0 Å². The van der Waals surface area contributed by atoms with E-state index in [-0.39, 0.29) is 0 Å². The summed E-state index contributed by atoms with van der Waals surface area (Å²) in [6.45, 7) is 2.00. The number of aliphatic hydroxyl groups excluding tert-OH is 1. The van der Waals surface area contributed by atoms with Gasteiger partial charge >= 0.3 is 0 Å². The van der Waals surface area contributed by atoms with Crippen LogP contribution in [0.25, 0.3) is 21.5 Å². The Hall–Kier alpha value is -3.89. The molecule has 1 aliphatic rings. The van der Waals surface area contributed by atoms with Gasteiger partial charge in [0.15, 0.2) is 0 Å². The number of carbonyl (C=O) groups is 1. The van der Waals surface area contributed by atoms with Gasteiger partial charge in [-0.3, -0.25) is 0 Å². The summed E-state index contributed by atoms with van der Waals surface area (Å²) in [7, 11) is 0. The van der Waals surface area contributed by atoms with Crippen molar-refractivity contribution in [3.63, 3.8) is 0 Å². The lowest BCUT2D eigenvalue weighted by molar-refractivity contribution is -0.107. The van der Waals surface area contributed by atoms with Crippen molar-refractivity contribution in [2.45, 2.75) is 44.6 Å². The molecule has 1 aliphatic heterocycles. The van der Waals surface area contributed by atoms with Crippen molar-refractivity contribution >= 4 is 27.8 Å². The molecular formula is C34H36O3. The highest BCUT2D eigenvalue weighted by atomic mass is 16.5. The molecule has 0 spiro atoms. The fraction of sp³-hybridized carbons (Fsp3) is 0.265. The number of ether oxygens (including phenoxy) is 1. The molecule has 5 rings (SSSR count). The number of fused-ring (bicyclic) bond motifs is 2. The SMILES string of the molecule is C#C.C#CC(O)CCc1ccc2ccccc2c1.C1CCOC1.O=CCCc1ccc2ccccc2c1. The fourth-order valence-corrected chi connectivity index (χ4v) is 3.91. The quantitative estimate of drug-likeness (QED) is 0.238. The zero-order valence-corrected chi connectivity index (χ0v) is 21.4. The molecule has 4 aromatic rings. The predicted octanol–water partition coefficient (Wildman–Crippen LogP) is 6.78. The summed E-state index contributed by atoms with van der Waals surface area (Å²) in [6.07, 6.45) is 18.9. The monoisotopic (exact) mass is 492 g/mol. The molecule has 1 atom stereocenters. The number of benzene rings is 4. The standard InChI is InChI=1S/C15H14O.C13H12O.C4H8O.C2H2/c1-2-15(16)10-8-12-7-9-13-5-3-4-6-14(13)11-12;14-9-3-4-11-7-8-12-5-1-2-6-13(12)10-11;1-2-4-5-3-1;1-2/h1,3-7,9,11,15-16H,8,10H2;1-2,5-10H,3-4H2;1-4H2;1-2H. The Kier molecular flexibility index (Phi) is 13.9. The van der Waals surface area contributed by atoms with E-state index in [1.165, 1.54) is 45.5 Å². The highest BCUT2D eigenvalue weighted by Gasteiger charge is 2.01. The van der Waals surface area contributed by atoms with Crippen LogP contribution >= 0.6 is 0 Å². The minimum Gasteiger partial charge on any atom is -0.381 e. The van der Waals surface area contributed by atoms with E-state index in [1.807, 2.05) is 24.3 Å². The van der Waals surface area contributed by atoms with Crippen molar-refractivity contribution < 1.29 is 14.6 Å². The molecule has 0 aromatic heterocycles. The molecule has 0 radical (unpaired) electrons. The number of rotatable bonds is 6. The minimum atomic E-state index is -0.633. The van der Waals surface area contributed by atoms with Gasteiger partial charge < -0.3 is 14.6 Å². The van der Waals surface area contributed by atoms with Crippen LogP contribution in [-0.4, -0.2) is 30.7 Å². The Labute approximate surface area is 221 Å². The third-order valence-electron chi connectivity index (χ3n) is 5.90. The minimum absolute atomic E-state index is 0.609. The first-order valence-electron chi connectivity index (χ1n) is 12.6. The normalized spacial score (nSPS) is 12.5. The lowest BCUT2D eigenvalue weighted by Crippen LogP contribution is -2.03. The van der Waals surface area contributed by atoms with Gasteiger partial charge in [0.2, 0.25) is 0 Å². The van der Waals surface area contributed by atoms with Crippen LogP contribution in [0.3, 0.4) is 0 Å².